The van der Waals surface area contributed by atoms with E-state index in [1.54, 1.807) is 12.1 Å². The molecule has 0 saturated heterocycles. The first-order valence-corrected chi connectivity index (χ1v) is 6.19. The fraction of sp³-hybridized carbons (Fsp3) is 0.571. The zero-order valence-electron chi connectivity index (χ0n) is 10.1. The van der Waals surface area contributed by atoms with Crippen LogP contribution in [0.1, 0.15) is 43.2 Å². The van der Waals surface area contributed by atoms with Gasteiger partial charge in [-0.2, -0.15) is 0 Å². The van der Waals surface area contributed by atoms with E-state index in [0.29, 0.717) is 12.0 Å². The highest BCUT2D eigenvalue weighted by Gasteiger charge is 2.25. The SMILES string of the molecule is CCNC1CCC(c2cc(C)cc(F)c2)C1. The number of aryl methyl sites for hydroxylation is 1. The van der Waals surface area contributed by atoms with Crippen LogP contribution in [0.25, 0.3) is 0 Å². The van der Waals surface area contributed by atoms with Crippen LogP contribution < -0.4 is 5.32 Å². The molecule has 1 aromatic carbocycles. The van der Waals surface area contributed by atoms with Crippen molar-refractivity contribution in [2.24, 2.45) is 0 Å². The van der Waals surface area contributed by atoms with E-state index in [1.807, 2.05) is 6.92 Å². The Morgan fingerprint density at radius 2 is 2.12 bits per heavy atom. The van der Waals surface area contributed by atoms with Crippen LogP contribution in [-0.4, -0.2) is 12.6 Å². The Morgan fingerprint density at radius 3 is 2.81 bits per heavy atom. The lowest BCUT2D eigenvalue weighted by Gasteiger charge is -2.13. The van der Waals surface area contributed by atoms with E-state index in [0.717, 1.165) is 18.5 Å². The van der Waals surface area contributed by atoms with Gasteiger partial charge in [0, 0.05) is 6.04 Å². The summed E-state index contributed by atoms with van der Waals surface area (Å²) in [5, 5.41) is 3.48. The summed E-state index contributed by atoms with van der Waals surface area (Å²) >= 11 is 0. The van der Waals surface area contributed by atoms with Gasteiger partial charge in [-0.05, 0) is 61.9 Å². The largest absolute Gasteiger partial charge is 0.314 e. The van der Waals surface area contributed by atoms with Crippen LogP contribution in [0.5, 0.6) is 0 Å². The summed E-state index contributed by atoms with van der Waals surface area (Å²) in [4.78, 5) is 0. The zero-order valence-corrected chi connectivity index (χ0v) is 10.1. The lowest BCUT2D eigenvalue weighted by molar-refractivity contribution is 0.534. The standard InChI is InChI=1S/C14H20FN/c1-3-16-14-5-4-11(9-14)12-6-10(2)7-13(15)8-12/h6-8,11,14,16H,3-5,9H2,1-2H3. The van der Waals surface area contributed by atoms with Crippen LogP contribution in [0, 0.1) is 12.7 Å². The second-order valence-corrected chi connectivity index (χ2v) is 4.83. The Bertz CT molecular complexity index is 342. The minimum absolute atomic E-state index is 0.0955. The van der Waals surface area contributed by atoms with Gasteiger partial charge in [-0.25, -0.2) is 4.39 Å². The van der Waals surface area contributed by atoms with Gasteiger partial charge in [-0.15, -0.1) is 0 Å². The van der Waals surface area contributed by atoms with Crippen molar-refractivity contribution < 1.29 is 4.39 Å². The Kier molecular flexibility index (Phi) is 3.59. The van der Waals surface area contributed by atoms with Crippen molar-refractivity contribution in [3.8, 4) is 0 Å². The van der Waals surface area contributed by atoms with Crippen molar-refractivity contribution in [2.45, 2.75) is 45.1 Å². The molecule has 1 aromatic rings. The van der Waals surface area contributed by atoms with Gasteiger partial charge in [0.25, 0.3) is 0 Å². The third kappa shape index (κ3) is 2.62. The molecule has 2 unspecified atom stereocenters. The molecule has 1 saturated carbocycles. The van der Waals surface area contributed by atoms with E-state index in [-0.39, 0.29) is 5.82 Å². The monoisotopic (exact) mass is 221 g/mol. The van der Waals surface area contributed by atoms with Gasteiger partial charge < -0.3 is 5.32 Å². The maximum Gasteiger partial charge on any atom is 0.123 e. The molecule has 2 heteroatoms. The predicted molar refractivity (Wildman–Crippen MR) is 65.2 cm³/mol. The maximum atomic E-state index is 13.3. The molecule has 1 aliphatic carbocycles. The summed E-state index contributed by atoms with van der Waals surface area (Å²) in [6, 6.07) is 6.05. The van der Waals surface area contributed by atoms with E-state index in [9.17, 15) is 4.39 Å². The molecule has 0 aliphatic heterocycles. The van der Waals surface area contributed by atoms with Crippen LogP contribution in [0.15, 0.2) is 18.2 Å². The molecule has 16 heavy (non-hydrogen) atoms. The van der Waals surface area contributed by atoms with Gasteiger partial charge in [-0.1, -0.05) is 13.0 Å². The Labute approximate surface area is 97.1 Å². The zero-order chi connectivity index (χ0) is 11.5. The highest BCUT2D eigenvalue weighted by Crippen LogP contribution is 2.35. The second kappa shape index (κ2) is 4.96. The van der Waals surface area contributed by atoms with Gasteiger partial charge in [0.15, 0.2) is 0 Å². The molecule has 2 rings (SSSR count). The fourth-order valence-electron chi connectivity index (χ4n) is 2.76. The molecular weight excluding hydrogens is 201 g/mol. The molecule has 0 aromatic heterocycles. The molecular formula is C14H20FN. The van der Waals surface area contributed by atoms with Gasteiger partial charge >= 0.3 is 0 Å². The summed E-state index contributed by atoms with van der Waals surface area (Å²) in [5.41, 5.74) is 2.21. The van der Waals surface area contributed by atoms with Gasteiger partial charge in [-0.3, -0.25) is 0 Å². The van der Waals surface area contributed by atoms with E-state index in [4.69, 9.17) is 0 Å². The molecule has 0 amide bonds. The molecule has 1 fully saturated rings. The molecule has 1 aliphatic rings. The smallest absolute Gasteiger partial charge is 0.123 e. The summed E-state index contributed by atoms with van der Waals surface area (Å²) < 4.78 is 13.3. The van der Waals surface area contributed by atoms with Crippen LogP contribution in [0.4, 0.5) is 4.39 Å². The second-order valence-electron chi connectivity index (χ2n) is 4.83. The molecule has 0 spiro atoms. The summed E-state index contributed by atoms with van der Waals surface area (Å²) in [6.07, 6.45) is 3.55. The highest BCUT2D eigenvalue weighted by molar-refractivity contribution is 5.27. The van der Waals surface area contributed by atoms with Crippen molar-refractivity contribution in [2.75, 3.05) is 6.54 Å². The lowest BCUT2D eigenvalue weighted by Crippen LogP contribution is -2.25. The number of hydrogen-bond donors (Lipinski definition) is 1. The number of nitrogens with one attached hydrogen (secondary N) is 1. The first-order chi connectivity index (χ1) is 7.69. The van der Waals surface area contributed by atoms with Crippen LogP contribution in [-0.2, 0) is 0 Å². The third-order valence-corrected chi connectivity index (χ3v) is 3.46. The molecule has 2 atom stereocenters. The number of benzene rings is 1. The van der Waals surface area contributed by atoms with Crippen molar-refractivity contribution in [3.05, 3.63) is 35.1 Å². The van der Waals surface area contributed by atoms with Crippen molar-refractivity contribution in [3.63, 3.8) is 0 Å². The number of halogens is 1. The van der Waals surface area contributed by atoms with Crippen molar-refractivity contribution >= 4 is 0 Å². The molecule has 0 radical (unpaired) electrons. The van der Waals surface area contributed by atoms with Crippen molar-refractivity contribution in [1.29, 1.82) is 0 Å². The van der Waals surface area contributed by atoms with E-state index >= 15 is 0 Å². The summed E-state index contributed by atoms with van der Waals surface area (Å²) in [7, 11) is 0. The minimum atomic E-state index is -0.0955. The summed E-state index contributed by atoms with van der Waals surface area (Å²) in [5.74, 6) is 0.445. The maximum absolute atomic E-state index is 13.3. The topological polar surface area (TPSA) is 12.0 Å². The third-order valence-electron chi connectivity index (χ3n) is 3.46. The Balaban J connectivity index is 2.08. The minimum Gasteiger partial charge on any atom is -0.314 e. The molecule has 1 N–H and O–H groups in total. The van der Waals surface area contributed by atoms with E-state index in [2.05, 4.69) is 18.3 Å². The summed E-state index contributed by atoms with van der Waals surface area (Å²) in [6.45, 7) is 5.13. The normalized spacial score (nSPS) is 24.9. The van der Waals surface area contributed by atoms with Gasteiger partial charge in [0.2, 0.25) is 0 Å². The van der Waals surface area contributed by atoms with Gasteiger partial charge in [0.05, 0.1) is 0 Å². The molecule has 1 nitrogen and oxygen atoms in total. The van der Waals surface area contributed by atoms with Crippen LogP contribution in [0.3, 0.4) is 0 Å². The lowest BCUT2D eigenvalue weighted by atomic mass is 9.96. The Morgan fingerprint density at radius 1 is 1.31 bits per heavy atom. The van der Waals surface area contributed by atoms with Crippen LogP contribution in [0.2, 0.25) is 0 Å². The fourth-order valence-corrected chi connectivity index (χ4v) is 2.76. The quantitative estimate of drug-likeness (QED) is 0.825. The number of rotatable bonds is 3. The number of hydrogen-bond acceptors (Lipinski definition) is 1. The highest BCUT2D eigenvalue weighted by atomic mass is 19.1. The predicted octanol–water partition coefficient (Wildman–Crippen LogP) is 3.38. The average Bonchev–Trinajstić information content (AvgIpc) is 2.65. The van der Waals surface area contributed by atoms with Gasteiger partial charge in [0.1, 0.15) is 5.82 Å². The van der Waals surface area contributed by atoms with Crippen LogP contribution >= 0.6 is 0 Å². The molecule has 0 heterocycles. The molecule has 0 bridgehead atoms. The molecule has 88 valence electrons. The van der Waals surface area contributed by atoms with Crippen molar-refractivity contribution in [1.82, 2.24) is 5.32 Å². The first kappa shape index (κ1) is 11.6. The Hall–Kier alpha value is -0.890. The van der Waals surface area contributed by atoms with E-state index < -0.39 is 0 Å². The first-order valence-electron chi connectivity index (χ1n) is 6.19. The van der Waals surface area contributed by atoms with E-state index in [1.165, 1.54) is 18.4 Å². The average molecular weight is 221 g/mol.